The Labute approximate surface area is 161 Å². The van der Waals surface area contributed by atoms with E-state index in [0.717, 1.165) is 41.7 Å². The maximum Gasteiger partial charge on any atom is 0.225 e. The van der Waals surface area contributed by atoms with Crippen molar-refractivity contribution in [3.8, 4) is 5.75 Å². The minimum Gasteiger partial charge on any atom is -0.497 e. The van der Waals surface area contributed by atoms with E-state index in [1.54, 1.807) is 7.11 Å². The van der Waals surface area contributed by atoms with Gasteiger partial charge < -0.3 is 15.0 Å². The molecule has 2 aromatic rings. The molecule has 27 heavy (non-hydrogen) atoms. The number of rotatable bonds is 7. The van der Waals surface area contributed by atoms with Gasteiger partial charge in [-0.05, 0) is 56.4 Å². The van der Waals surface area contributed by atoms with Crippen molar-refractivity contribution in [1.82, 2.24) is 15.3 Å². The maximum atomic E-state index is 12.2. The summed E-state index contributed by atoms with van der Waals surface area (Å²) in [4.78, 5) is 23.7. The lowest BCUT2D eigenvalue weighted by atomic mass is 10.1. The molecule has 1 aromatic carbocycles. The van der Waals surface area contributed by atoms with Crippen LogP contribution in [0.4, 0.5) is 5.95 Å². The van der Waals surface area contributed by atoms with E-state index in [1.165, 1.54) is 19.3 Å². The Bertz CT molecular complexity index is 755. The van der Waals surface area contributed by atoms with E-state index >= 15 is 0 Å². The molecule has 0 radical (unpaired) electrons. The standard InChI is InChI=1S/C21H28N4O2/c1-16-14-18(24-21(23-16)25-12-4-3-5-13-25)15-22-20(26)11-8-17-6-9-19(27-2)10-7-17/h6-7,9-10,14H,3-5,8,11-13,15H2,1-2H3,(H,22,26). The number of nitrogens with one attached hydrogen (secondary N) is 1. The minimum absolute atomic E-state index is 0.0293. The first kappa shape index (κ1) is 19.1. The van der Waals surface area contributed by atoms with Gasteiger partial charge in [0, 0.05) is 25.2 Å². The van der Waals surface area contributed by atoms with Gasteiger partial charge in [0.1, 0.15) is 5.75 Å². The van der Waals surface area contributed by atoms with Gasteiger partial charge in [-0.15, -0.1) is 0 Å². The molecule has 2 heterocycles. The summed E-state index contributed by atoms with van der Waals surface area (Å²) >= 11 is 0. The van der Waals surface area contributed by atoms with Gasteiger partial charge in [-0.3, -0.25) is 4.79 Å². The predicted octanol–water partition coefficient (Wildman–Crippen LogP) is 3.03. The van der Waals surface area contributed by atoms with Gasteiger partial charge in [-0.1, -0.05) is 12.1 Å². The van der Waals surface area contributed by atoms with Crippen molar-refractivity contribution in [2.45, 2.75) is 45.6 Å². The van der Waals surface area contributed by atoms with Gasteiger partial charge in [-0.25, -0.2) is 9.97 Å². The van der Waals surface area contributed by atoms with Crippen LogP contribution >= 0.6 is 0 Å². The summed E-state index contributed by atoms with van der Waals surface area (Å²) < 4.78 is 5.15. The highest BCUT2D eigenvalue weighted by Crippen LogP contribution is 2.17. The number of benzene rings is 1. The first-order valence-electron chi connectivity index (χ1n) is 9.63. The third-order valence-electron chi connectivity index (χ3n) is 4.80. The SMILES string of the molecule is COc1ccc(CCC(=O)NCc2cc(C)nc(N3CCCCC3)n2)cc1. The van der Waals surface area contributed by atoms with E-state index in [9.17, 15) is 4.79 Å². The van der Waals surface area contributed by atoms with Crippen LogP contribution in [0.2, 0.25) is 0 Å². The highest BCUT2D eigenvalue weighted by molar-refractivity contribution is 5.76. The molecular formula is C21H28N4O2. The van der Waals surface area contributed by atoms with E-state index in [0.29, 0.717) is 19.4 Å². The molecule has 0 spiro atoms. The van der Waals surface area contributed by atoms with E-state index in [-0.39, 0.29) is 5.91 Å². The van der Waals surface area contributed by atoms with Crippen LogP contribution in [0.15, 0.2) is 30.3 Å². The zero-order chi connectivity index (χ0) is 19.1. The van der Waals surface area contributed by atoms with E-state index in [2.05, 4.69) is 20.2 Å². The quantitative estimate of drug-likeness (QED) is 0.814. The lowest BCUT2D eigenvalue weighted by molar-refractivity contribution is -0.121. The fourth-order valence-corrected chi connectivity index (χ4v) is 3.27. The van der Waals surface area contributed by atoms with Gasteiger partial charge in [0.25, 0.3) is 0 Å². The second-order valence-electron chi connectivity index (χ2n) is 6.97. The summed E-state index contributed by atoms with van der Waals surface area (Å²) in [7, 11) is 1.65. The normalized spacial score (nSPS) is 14.1. The number of amides is 1. The first-order chi connectivity index (χ1) is 13.1. The van der Waals surface area contributed by atoms with E-state index in [1.807, 2.05) is 37.3 Å². The zero-order valence-corrected chi connectivity index (χ0v) is 16.2. The van der Waals surface area contributed by atoms with Crippen LogP contribution in [-0.2, 0) is 17.8 Å². The number of methoxy groups -OCH3 is 1. The van der Waals surface area contributed by atoms with Crippen LogP contribution in [0.5, 0.6) is 5.75 Å². The molecule has 1 amide bonds. The van der Waals surface area contributed by atoms with Crippen molar-refractivity contribution in [2.75, 3.05) is 25.1 Å². The number of hydrogen-bond donors (Lipinski definition) is 1. The number of hydrogen-bond acceptors (Lipinski definition) is 5. The van der Waals surface area contributed by atoms with Crippen molar-refractivity contribution in [3.63, 3.8) is 0 Å². The molecule has 0 unspecified atom stereocenters. The Morgan fingerprint density at radius 2 is 1.89 bits per heavy atom. The fraction of sp³-hybridized carbons (Fsp3) is 0.476. The van der Waals surface area contributed by atoms with E-state index < -0.39 is 0 Å². The molecule has 0 bridgehead atoms. The molecule has 0 saturated carbocycles. The highest BCUT2D eigenvalue weighted by atomic mass is 16.5. The molecule has 1 aromatic heterocycles. The van der Waals surface area contributed by atoms with Crippen molar-refractivity contribution in [2.24, 2.45) is 0 Å². The number of carbonyl (C=O) groups excluding carboxylic acids is 1. The number of piperidine rings is 1. The van der Waals surface area contributed by atoms with Gasteiger partial charge in [0.15, 0.2) is 0 Å². The van der Waals surface area contributed by atoms with Crippen LogP contribution in [0.1, 0.15) is 42.6 Å². The molecule has 1 N–H and O–H groups in total. The second-order valence-corrected chi connectivity index (χ2v) is 6.97. The number of ether oxygens (including phenoxy) is 1. The van der Waals surface area contributed by atoms with Gasteiger partial charge in [0.2, 0.25) is 11.9 Å². The largest absolute Gasteiger partial charge is 0.497 e. The van der Waals surface area contributed by atoms with Crippen LogP contribution in [-0.4, -0.2) is 36.1 Å². The third kappa shape index (κ3) is 5.67. The van der Waals surface area contributed by atoms with Gasteiger partial charge in [-0.2, -0.15) is 0 Å². The number of nitrogens with zero attached hydrogens (tertiary/aromatic N) is 3. The number of aromatic nitrogens is 2. The average molecular weight is 368 g/mol. The van der Waals surface area contributed by atoms with Crippen LogP contribution in [0, 0.1) is 6.92 Å². The van der Waals surface area contributed by atoms with Gasteiger partial charge >= 0.3 is 0 Å². The molecule has 1 aliphatic rings. The Balaban J connectivity index is 1.51. The maximum absolute atomic E-state index is 12.2. The lowest BCUT2D eigenvalue weighted by Crippen LogP contribution is -2.32. The number of anilines is 1. The summed E-state index contributed by atoms with van der Waals surface area (Å²) in [6, 6.07) is 9.75. The van der Waals surface area contributed by atoms with Crippen molar-refractivity contribution >= 4 is 11.9 Å². The Morgan fingerprint density at radius 1 is 1.15 bits per heavy atom. The third-order valence-corrected chi connectivity index (χ3v) is 4.80. The summed E-state index contributed by atoms with van der Waals surface area (Å²) in [6.45, 7) is 4.43. The monoisotopic (exact) mass is 368 g/mol. The summed E-state index contributed by atoms with van der Waals surface area (Å²) in [5.74, 6) is 1.64. The molecule has 1 fully saturated rings. The zero-order valence-electron chi connectivity index (χ0n) is 16.2. The van der Waals surface area contributed by atoms with Gasteiger partial charge in [0.05, 0.1) is 19.3 Å². The van der Waals surface area contributed by atoms with E-state index in [4.69, 9.17) is 4.74 Å². The second kappa shape index (κ2) is 9.35. The molecule has 1 saturated heterocycles. The van der Waals surface area contributed by atoms with Crippen LogP contribution in [0.3, 0.4) is 0 Å². The fourth-order valence-electron chi connectivity index (χ4n) is 3.27. The molecule has 3 rings (SSSR count). The summed E-state index contributed by atoms with van der Waals surface area (Å²) in [5.41, 5.74) is 2.92. The number of carbonyl (C=O) groups is 1. The molecular weight excluding hydrogens is 340 g/mol. The first-order valence-corrected chi connectivity index (χ1v) is 9.63. The molecule has 144 valence electrons. The Kier molecular flexibility index (Phi) is 6.63. The highest BCUT2D eigenvalue weighted by Gasteiger charge is 2.15. The van der Waals surface area contributed by atoms with Crippen molar-refractivity contribution in [1.29, 1.82) is 0 Å². The minimum atomic E-state index is 0.0293. The molecule has 0 aliphatic carbocycles. The summed E-state index contributed by atoms with van der Waals surface area (Å²) in [6.07, 6.45) is 4.82. The average Bonchev–Trinajstić information content (AvgIpc) is 2.71. The smallest absolute Gasteiger partial charge is 0.225 e. The molecule has 0 atom stereocenters. The van der Waals surface area contributed by atoms with Crippen LogP contribution < -0.4 is 15.0 Å². The Morgan fingerprint density at radius 3 is 2.59 bits per heavy atom. The number of aryl methyl sites for hydroxylation is 2. The molecule has 1 aliphatic heterocycles. The topological polar surface area (TPSA) is 67.3 Å². The predicted molar refractivity (Wildman–Crippen MR) is 106 cm³/mol. The molecule has 6 nitrogen and oxygen atoms in total. The summed E-state index contributed by atoms with van der Waals surface area (Å²) in [5, 5.41) is 2.98. The lowest BCUT2D eigenvalue weighted by Gasteiger charge is -2.27. The Hall–Kier alpha value is -2.63. The van der Waals surface area contributed by atoms with Crippen molar-refractivity contribution in [3.05, 3.63) is 47.3 Å². The van der Waals surface area contributed by atoms with Crippen molar-refractivity contribution < 1.29 is 9.53 Å². The van der Waals surface area contributed by atoms with Crippen LogP contribution in [0.25, 0.3) is 0 Å². The molecule has 6 heteroatoms.